The Morgan fingerprint density at radius 2 is 2.03 bits per heavy atom. The van der Waals surface area contributed by atoms with Crippen LogP contribution < -0.4 is 5.32 Å². The number of carbonyl (C=O) groups excluding carboxylic acids is 2. The third-order valence-corrected chi connectivity index (χ3v) is 4.92. The van der Waals surface area contributed by atoms with Crippen molar-refractivity contribution in [3.05, 3.63) is 53.9 Å². The van der Waals surface area contributed by atoms with E-state index in [0.29, 0.717) is 11.0 Å². The van der Waals surface area contributed by atoms with Crippen molar-refractivity contribution in [2.24, 2.45) is 0 Å². The van der Waals surface area contributed by atoms with Crippen molar-refractivity contribution in [1.82, 2.24) is 25.1 Å². The zero-order chi connectivity index (χ0) is 20.8. The maximum absolute atomic E-state index is 12.0. The second-order valence-corrected chi connectivity index (χ2v) is 7.17. The average molecular weight is 411 g/mol. The first-order valence-corrected chi connectivity index (χ1v) is 10.0. The van der Waals surface area contributed by atoms with Crippen molar-refractivity contribution in [3.8, 4) is 17.1 Å². The summed E-state index contributed by atoms with van der Waals surface area (Å²) in [5.74, 6) is 0.152. The van der Waals surface area contributed by atoms with E-state index in [-0.39, 0.29) is 12.4 Å². The number of amides is 2. The highest BCUT2D eigenvalue weighted by Crippen LogP contribution is 2.29. The number of benzene rings is 1. The van der Waals surface area contributed by atoms with E-state index in [1.54, 1.807) is 19.3 Å². The summed E-state index contributed by atoms with van der Waals surface area (Å²) >= 11 is 1.19. The second-order valence-electron chi connectivity index (χ2n) is 6.23. The number of thioether (sulfide) groups is 1. The molecule has 1 aromatic carbocycles. The number of alkyl carbamates (subject to hydrolysis) is 1. The fourth-order valence-electron chi connectivity index (χ4n) is 2.77. The predicted octanol–water partition coefficient (Wildman–Crippen LogP) is 3.31. The number of ether oxygens (including phenoxy) is 1. The van der Waals surface area contributed by atoms with Gasteiger partial charge in [-0.1, -0.05) is 29.5 Å². The molecule has 1 N–H and O–H groups in total. The van der Waals surface area contributed by atoms with E-state index in [0.717, 1.165) is 22.4 Å². The topological polar surface area (TPSA) is 99.0 Å². The summed E-state index contributed by atoms with van der Waals surface area (Å²) in [6, 6.07) is 9.81. The van der Waals surface area contributed by atoms with Crippen LogP contribution in [0.2, 0.25) is 0 Å². The molecule has 2 heterocycles. The number of aromatic nitrogens is 4. The number of rotatable bonds is 6. The lowest BCUT2D eigenvalue weighted by molar-refractivity contribution is -0.117. The van der Waals surface area contributed by atoms with Gasteiger partial charge in [-0.25, -0.2) is 4.79 Å². The van der Waals surface area contributed by atoms with Crippen LogP contribution in [-0.2, 0) is 9.53 Å². The Balaban J connectivity index is 1.92. The first-order valence-electron chi connectivity index (χ1n) is 9.02. The van der Waals surface area contributed by atoms with Gasteiger partial charge in [0.05, 0.1) is 18.0 Å². The van der Waals surface area contributed by atoms with Gasteiger partial charge in [-0.3, -0.25) is 19.7 Å². The second kappa shape index (κ2) is 9.33. The molecule has 2 amide bonds. The highest BCUT2D eigenvalue weighted by Gasteiger charge is 2.19. The molecule has 3 aromatic rings. The maximum Gasteiger partial charge on any atom is 0.413 e. The molecule has 150 valence electrons. The van der Waals surface area contributed by atoms with E-state index in [4.69, 9.17) is 4.74 Å². The van der Waals surface area contributed by atoms with Crippen molar-refractivity contribution in [2.45, 2.75) is 25.9 Å². The molecule has 0 aliphatic carbocycles. The predicted molar refractivity (Wildman–Crippen MR) is 110 cm³/mol. The summed E-state index contributed by atoms with van der Waals surface area (Å²) in [6.07, 6.45) is 2.65. The minimum atomic E-state index is -0.759. The van der Waals surface area contributed by atoms with Crippen LogP contribution in [0.3, 0.4) is 0 Å². The Morgan fingerprint density at radius 1 is 1.21 bits per heavy atom. The van der Waals surface area contributed by atoms with Gasteiger partial charge < -0.3 is 4.74 Å². The molecule has 0 aliphatic heterocycles. The number of hydrogen-bond donors (Lipinski definition) is 1. The van der Waals surface area contributed by atoms with Crippen LogP contribution in [0.4, 0.5) is 4.79 Å². The standard InChI is InChI=1S/C20H21N5O3S/c1-4-28-20(27)22-17(26)12-29-19-24-23-18(15-6-5-9-21-11-15)25(19)16-8-7-13(2)10-14(16)3/h5-11H,4,12H2,1-3H3,(H,22,26,27). The molecule has 0 atom stereocenters. The smallest absolute Gasteiger partial charge is 0.413 e. The summed E-state index contributed by atoms with van der Waals surface area (Å²) in [7, 11) is 0. The van der Waals surface area contributed by atoms with Gasteiger partial charge >= 0.3 is 6.09 Å². The summed E-state index contributed by atoms with van der Waals surface area (Å²) in [4.78, 5) is 27.6. The van der Waals surface area contributed by atoms with Gasteiger partial charge in [-0.05, 0) is 44.5 Å². The number of carbonyl (C=O) groups is 2. The first-order chi connectivity index (χ1) is 14.0. The lowest BCUT2D eigenvalue weighted by Crippen LogP contribution is -2.32. The van der Waals surface area contributed by atoms with Crippen molar-refractivity contribution in [3.63, 3.8) is 0 Å². The number of nitrogens with one attached hydrogen (secondary N) is 1. The van der Waals surface area contributed by atoms with Crippen LogP contribution in [0.5, 0.6) is 0 Å². The van der Waals surface area contributed by atoms with E-state index in [9.17, 15) is 9.59 Å². The SMILES string of the molecule is CCOC(=O)NC(=O)CSc1nnc(-c2cccnc2)n1-c1ccc(C)cc1C. The van der Waals surface area contributed by atoms with Gasteiger partial charge in [0.15, 0.2) is 11.0 Å². The highest BCUT2D eigenvalue weighted by molar-refractivity contribution is 7.99. The van der Waals surface area contributed by atoms with Crippen LogP contribution in [0.25, 0.3) is 17.1 Å². The third-order valence-electron chi connectivity index (χ3n) is 4.00. The fourth-order valence-corrected chi connectivity index (χ4v) is 3.51. The zero-order valence-electron chi connectivity index (χ0n) is 16.4. The number of imide groups is 1. The third kappa shape index (κ3) is 5.00. The van der Waals surface area contributed by atoms with Crippen molar-refractivity contribution in [2.75, 3.05) is 12.4 Å². The van der Waals surface area contributed by atoms with Crippen molar-refractivity contribution >= 4 is 23.8 Å². The Morgan fingerprint density at radius 3 is 2.72 bits per heavy atom. The molecule has 8 nitrogen and oxygen atoms in total. The van der Waals surface area contributed by atoms with Gasteiger partial charge in [-0.2, -0.15) is 0 Å². The first kappa shape index (κ1) is 20.5. The Hall–Kier alpha value is -3.20. The molecule has 0 fully saturated rings. The molecule has 0 aliphatic rings. The Kier molecular flexibility index (Phi) is 6.61. The summed E-state index contributed by atoms with van der Waals surface area (Å²) in [6.45, 7) is 5.91. The fraction of sp³-hybridized carbons (Fsp3) is 0.250. The molecular formula is C20H21N5O3S. The van der Waals surface area contributed by atoms with Crippen LogP contribution in [0.15, 0.2) is 47.9 Å². The molecule has 2 aromatic heterocycles. The van der Waals surface area contributed by atoms with E-state index >= 15 is 0 Å². The van der Waals surface area contributed by atoms with E-state index in [1.807, 2.05) is 42.7 Å². The minimum Gasteiger partial charge on any atom is -0.450 e. The van der Waals surface area contributed by atoms with E-state index in [2.05, 4.69) is 26.6 Å². The lowest BCUT2D eigenvalue weighted by Gasteiger charge is -2.13. The van der Waals surface area contributed by atoms with Crippen molar-refractivity contribution in [1.29, 1.82) is 0 Å². The van der Waals surface area contributed by atoms with Crippen molar-refractivity contribution < 1.29 is 14.3 Å². The number of pyridine rings is 1. The summed E-state index contributed by atoms with van der Waals surface area (Å²) < 4.78 is 6.62. The quantitative estimate of drug-likeness (QED) is 0.621. The largest absolute Gasteiger partial charge is 0.450 e. The van der Waals surface area contributed by atoms with Gasteiger partial charge in [0.2, 0.25) is 5.91 Å². The molecule has 3 rings (SSSR count). The molecule has 29 heavy (non-hydrogen) atoms. The highest BCUT2D eigenvalue weighted by atomic mass is 32.2. The van der Waals surface area contributed by atoms with Gasteiger partial charge in [-0.15, -0.1) is 10.2 Å². The average Bonchev–Trinajstić information content (AvgIpc) is 3.11. The lowest BCUT2D eigenvalue weighted by atomic mass is 10.1. The number of aryl methyl sites for hydroxylation is 2. The Bertz CT molecular complexity index is 1020. The van der Waals surface area contributed by atoms with Crippen LogP contribution in [0, 0.1) is 13.8 Å². The maximum atomic E-state index is 12.0. The van der Waals surface area contributed by atoms with E-state index in [1.165, 1.54) is 11.8 Å². The molecular weight excluding hydrogens is 390 g/mol. The summed E-state index contributed by atoms with van der Waals surface area (Å²) in [5.41, 5.74) is 3.91. The monoisotopic (exact) mass is 411 g/mol. The molecule has 0 radical (unpaired) electrons. The van der Waals surface area contributed by atoms with Gasteiger partial charge in [0.1, 0.15) is 0 Å². The zero-order valence-corrected chi connectivity index (χ0v) is 17.2. The number of hydrogen-bond acceptors (Lipinski definition) is 7. The van der Waals surface area contributed by atoms with Gasteiger partial charge in [0.25, 0.3) is 0 Å². The molecule has 0 bridgehead atoms. The number of nitrogens with zero attached hydrogens (tertiary/aromatic N) is 4. The molecule has 9 heteroatoms. The van der Waals surface area contributed by atoms with Crippen LogP contribution >= 0.6 is 11.8 Å². The Labute approximate surface area is 172 Å². The van der Waals surface area contributed by atoms with Gasteiger partial charge in [0, 0.05) is 18.0 Å². The van der Waals surface area contributed by atoms with Crippen LogP contribution in [-0.4, -0.2) is 44.1 Å². The summed E-state index contributed by atoms with van der Waals surface area (Å²) in [5, 5.41) is 11.3. The van der Waals surface area contributed by atoms with Crippen LogP contribution in [0.1, 0.15) is 18.1 Å². The molecule has 0 saturated heterocycles. The van der Waals surface area contributed by atoms with E-state index < -0.39 is 12.0 Å². The molecule has 0 unspecified atom stereocenters. The molecule has 0 spiro atoms. The molecule has 0 saturated carbocycles. The minimum absolute atomic E-state index is 0.00506. The normalized spacial score (nSPS) is 10.6.